The molecule has 0 aromatic rings. The van der Waals surface area contributed by atoms with E-state index < -0.39 is 22.4 Å². The summed E-state index contributed by atoms with van der Waals surface area (Å²) in [6, 6.07) is 0. The number of hydrogen-bond donors (Lipinski definition) is 6. The first-order chi connectivity index (χ1) is 8.11. The summed E-state index contributed by atoms with van der Waals surface area (Å²) in [5.74, 6) is -1.75. The van der Waals surface area contributed by atoms with Gasteiger partial charge in [0, 0.05) is 13.2 Å². The highest BCUT2D eigenvalue weighted by Crippen LogP contribution is 1.88. The van der Waals surface area contributed by atoms with Gasteiger partial charge in [-0.1, -0.05) is 0 Å². The van der Waals surface area contributed by atoms with Gasteiger partial charge in [-0.2, -0.15) is 25.3 Å². The molecule has 0 fully saturated rings. The maximum Gasteiger partial charge on any atom is 0.316 e. The Balaban J connectivity index is -0.0000000770. The van der Waals surface area contributed by atoms with Gasteiger partial charge >= 0.3 is 11.9 Å². The van der Waals surface area contributed by atoms with Gasteiger partial charge in [0.2, 0.25) is 0 Å². The maximum atomic E-state index is 9.62. The fourth-order valence-electron chi connectivity index (χ4n) is 0. The van der Waals surface area contributed by atoms with Crippen LogP contribution in [0.5, 0.6) is 0 Å². The predicted molar refractivity (Wildman–Crippen MR) is 77.7 cm³/mol. The van der Waals surface area contributed by atoms with Gasteiger partial charge in [-0.15, -0.1) is 0 Å². The van der Waals surface area contributed by atoms with Gasteiger partial charge < -0.3 is 20.4 Å². The lowest BCUT2D eigenvalue weighted by atomic mass is 10.5. The van der Waals surface area contributed by atoms with Crippen LogP contribution >= 0.6 is 25.3 Å². The van der Waals surface area contributed by atoms with E-state index in [1.165, 1.54) is 13.8 Å². The number of thiol groups is 2. The highest BCUT2D eigenvalue weighted by molar-refractivity contribution is 7.81. The second-order valence-corrected chi connectivity index (χ2v) is 4.21. The van der Waals surface area contributed by atoms with Crippen molar-refractivity contribution in [1.29, 1.82) is 0 Å². The topological polar surface area (TPSA) is 115 Å². The lowest BCUT2D eigenvalue weighted by Gasteiger charge is -1.88. The normalized spacial score (nSPS) is 11.1. The molecule has 112 valence electrons. The van der Waals surface area contributed by atoms with Crippen molar-refractivity contribution < 1.29 is 30.0 Å². The molecule has 8 heteroatoms. The average molecular weight is 304 g/mol. The molecule has 0 aliphatic rings. The molecule has 0 amide bonds. The first-order valence-corrected chi connectivity index (χ1v) is 6.18. The fraction of sp³-hybridized carbons (Fsp3) is 0.800. The minimum Gasteiger partial charge on any atom is -0.480 e. The molecule has 0 saturated heterocycles. The van der Waals surface area contributed by atoms with E-state index in [0.29, 0.717) is 0 Å². The minimum atomic E-state index is -0.877. The number of aliphatic hydroxyl groups excluding tert-OH is 2. The maximum absolute atomic E-state index is 9.62. The summed E-state index contributed by atoms with van der Waals surface area (Å²) in [6.45, 7) is 6.87. The Morgan fingerprint density at radius 2 is 0.944 bits per heavy atom. The largest absolute Gasteiger partial charge is 0.480 e. The van der Waals surface area contributed by atoms with Gasteiger partial charge in [0.05, 0.1) is 10.5 Å². The van der Waals surface area contributed by atoms with E-state index in [1.807, 2.05) is 0 Å². The molecular weight excluding hydrogens is 280 g/mol. The molecule has 0 aliphatic carbocycles. The Morgan fingerprint density at radius 3 is 0.944 bits per heavy atom. The Bertz CT molecular complexity index is 165. The number of carbonyl (C=O) groups is 2. The van der Waals surface area contributed by atoms with Crippen LogP contribution < -0.4 is 0 Å². The Labute approximate surface area is 119 Å². The number of carboxylic acid groups (broad SMARTS) is 2. The van der Waals surface area contributed by atoms with Crippen molar-refractivity contribution in [1.82, 2.24) is 0 Å². The number of aliphatic hydroxyl groups is 2. The molecule has 0 aromatic heterocycles. The van der Waals surface area contributed by atoms with Gasteiger partial charge in [0.15, 0.2) is 0 Å². The van der Waals surface area contributed by atoms with E-state index in [4.69, 9.17) is 20.4 Å². The van der Waals surface area contributed by atoms with Crippen LogP contribution in [0.1, 0.15) is 27.7 Å². The number of hydrogen-bond acceptors (Lipinski definition) is 6. The molecule has 6 nitrogen and oxygen atoms in total. The quantitative estimate of drug-likeness (QED) is 0.420. The molecule has 0 bridgehead atoms. The molecule has 0 radical (unpaired) electrons. The van der Waals surface area contributed by atoms with Crippen molar-refractivity contribution in [3.63, 3.8) is 0 Å². The SMILES string of the molecule is CC(S)C(=O)O.CC(S)C(=O)O.CCO.CCO. The summed E-state index contributed by atoms with van der Waals surface area (Å²) < 4.78 is 0. The molecule has 0 rings (SSSR count). The molecule has 0 aliphatic heterocycles. The van der Waals surface area contributed by atoms with Crippen LogP contribution in [0.15, 0.2) is 0 Å². The molecule has 2 unspecified atom stereocenters. The van der Waals surface area contributed by atoms with Crippen LogP contribution in [0, 0.1) is 0 Å². The Hall–Kier alpha value is -0.440. The van der Waals surface area contributed by atoms with Gasteiger partial charge in [-0.05, 0) is 27.7 Å². The van der Waals surface area contributed by atoms with Crippen molar-refractivity contribution in [2.45, 2.75) is 38.2 Å². The predicted octanol–water partition coefficient (Wildman–Crippen LogP) is 0.776. The average Bonchev–Trinajstić information content (AvgIpc) is 2.20. The van der Waals surface area contributed by atoms with Crippen molar-refractivity contribution in [3.05, 3.63) is 0 Å². The van der Waals surface area contributed by atoms with Crippen LogP contribution in [-0.4, -0.2) is 56.1 Å². The van der Waals surface area contributed by atoms with E-state index >= 15 is 0 Å². The fourth-order valence-corrected chi connectivity index (χ4v) is 0. The first kappa shape index (κ1) is 26.2. The molecule has 18 heavy (non-hydrogen) atoms. The lowest BCUT2D eigenvalue weighted by molar-refractivity contribution is -0.137. The third kappa shape index (κ3) is 57.7. The number of rotatable bonds is 2. The van der Waals surface area contributed by atoms with Crippen LogP contribution in [0.25, 0.3) is 0 Å². The summed E-state index contributed by atoms with van der Waals surface area (Å²) in [5.41, 5.74) is 0. The Kier molecular flexibility index (Phi) is 31.7. The number of carboxylic acids is 2. The summed E-state index contributed by atoms with van der Waals surface area (Å²) in [4.78, 5) is 19.2. The monoisotopic (exact) mass is 304 g/mol. The minimum absolute atomic E-state index is 0.250. The zero-order chi connectivity index (χ0) is 15.7. The van der Waals surface area contributed by atoms with Crippen molar-refractivity contribution in [2.24, 2.45) is 0 Å². The summed E-state index contributed by atoms with van der Waals surface area (Å²) in [6.07, 6.45) is 0. The highest BCUT2D eigenvalue weighted by Gasteiger charge is 2.00. The zero-order valence-electron chi connectivity index (χ0n) is 11.1. The summed E-state index contributed by atoms with van der Waals surface area (Å²) in [7, 11) is 0. The van der Waals surface area contributed by atoms with Gasteiger partial charge in [-0.3, -0.25) is 9.59 Å². The molecule has 0 aromatic carbocycles. The van der Waals surface area contributed by atoms with Gasteiger partial charge in [0.1, 0.15) is 0 Å². The molecule has 2 atom stereocenters. The van der Waals surface area contributed by atoms with Crippen LogP contribution in [0.2, 0.25) is 0 Å². The van der Waals surface area contributed by atoms with Crippen LogP contribution in [0.4, 0.5) is 0 Å². The smallest absolute Gasteiger partial charge is 0.316 e. The van der Waals surface area contributed by atoms with E-state index in [0.717, 1.165) is 0 Å². The van der Waals surface area contributed by atoms with Gasteiger partial charge in [-0.25, -0.2) is 0 Å². The summed E-state index contributed by atoms with van der Waals surface area (Å²) in [5, 5.41) is 29.9. The van der Waals surface area contributed by atoms with Crippen LogP contribution in [0.3, 0.4) is 0 Å². The molecular formula is C10H24O6S2. The third-order valence-electron chi connectivity index (χ3n) is 0.715. The second kappa shape index (κ2) is 21.8. The van der Waals surface area contributed by atoms with Crippen LogP contribution in [-0.2, 0) is 9.59 Å². The molecule has 0 spiro atoms. The third-order valence-corrected chi connectivity index (χ3v) is 1.16. The summed E-state index contributed by atoms with van der Waals surface area (Å²) >= 11 is 7.19. The van der Waals surface area contributed by atoms with Gasteiger partial charge in [0.25, 0.3) is 0 Å². The number of aliphatic carboxylic acids is 2. The lowest BCUT2D eigenvalue weighted by Crippen LogP contribution is -2.06. The van der Waals surface area contributed by atoms with E-state index in [9.17, 15) is 9.59 Å². The van der Waals surface area contributed by atoms with Crippen molar-refractivity contribution >= 4 is 37.2 Å². The first-order valence-electron chi connectivity index (χ1n) is 5.15. The van der Waals surface area contributed by atoms with Crippen molar-refractivity contribution in [3.8, 4) is 0 Å². The highest BCUT2D eigenvalue weighted by atomic mass is 32.1. The standard InChI is InChI=1S/2C3H6O2S.2C2H6O/c2*1-2(6)3(4)5;2*1-2-3/h2*2,6H,1H3,(H,4,5);2*3H,2H2,1H3. The zero-order valence-corrected chi connectivity index (χ0v) is 12.9. The van der Waals surface area contributed by atoms with E-state index in [2.05, 4.69) is 25.3 Å². The van der Waals surface area contributed by atoms with Crippen molar-refractivity contribution in [2.75, 3.05) is 13.2 Å². The molecule has 0 saturated carbocycles. The Morgan fingerprint density at radius 1 is 0.889 bits per heavy atom. The molecule has 0 heterocycles. The van der Waals surface area contributed by atoms with E-state index in [1.54, 1.807) is 13.8 Å². The van der Waals surface area contributed by atoms with E-state index in [-0.39, 0.29) is 13.2 Å². The second-order valence-electron chi connectivity index (χ2n) is 2.66. The molecule has 4 N–H and O–H groups in total.